The fourth-order valence-electron chi connectivity index (χ4n) is 8.62. The first-order chi connectivity index (χ1) is 17.0. The van der Waals surface area contributed by atoms with Crippen molar-refractivity contribution in [2.24, 2.45) is 16.7 Å². The fourth-order valence-corrected chi connectivity index (χ4v) is 8.62. The molecule has 7 atom stereocenters. The maximum Gasteiger partial charge on any atom is 0.105 e. The van der Waals surface area contributed by atoms with Gasteiger partial charge in [0.25, 0.3) is 0 Å². The summed E-state index contributed by atoms with van der Waals surface area (Å²) in [7, 11) is 3.96. The van der Waals surface area contributed by atoms with Crippen LogP contribution in [0.1, 0.15) is 52.0 Å². The van der Waals surface area contributed by atoms with Gasteiger partial charge in [-0.2, -0.15) is 5.10 Å². The molecule has 2 fully saturated rings. The summed E-state index contributed by atoms with van der Waals surface area (Å²) in [5, 5.41) is 30.7. The lowest BCUT2D eigenvalue weighted by Gasteiger charge is -2.60. The Balaban J connectivity index is 1.37. The summed E-state index contributed by atoms with van der Waals surface area (Å²) in [5.41, 5.74) is 4.66. The normalized spacial score (nSPS) is 42.5. The molecule has 2 aromatic rings. The van der Waals surface area contributed by atoms with Crippen LogP contribution >= 0.6 is 0 Å². The summed E-state index contributed by atoms with van der Waals surface area (Å²) < 4.78 is 7.31. The van der Waals surface area contributed by atoms with Crippen molar-refractivity contribution < 1.29 is 14.9 Å². The number of hydrogen-bond donors (Lipinski definition) is 3. The second-order valence-electron chi connectivity index (χ2n) is 12.9. The van der Waals surface area contributed by atoms with Gasteiger partial charge >= 0.3 is 0 Å². The molecule has 5 aliphatic rings. The lowest BCUT2D eigenvalue weighted by atomic mass is 9.49. The van der Waals surface area contributed by atoms with Crippen molar-refractivity contribution in [2.75, 3.05) is 14.1 Å². The first-order valence-electron chi connectivity index (χ1n) is 13.3. The van der Waals surface area contributed by atoms with Gasteiger partial charge in [0.1, 0.15) is 6.10 Å². The predicted octanol–water partition coefficient (Wildman–Crippen LogP) is 4.22. The van der Waals surface area contributed by atoms with Crippen LogP contribution < -0.4 is 0 Å². The van der Waals surface area contributed by atoms with Crippen molar-refractivity contribution in [1.29, 1.82) is 0 Å². The van der Waals surface area contributed by atoms with E-state index in [1.807, 2.05) is 25.2 Å². The van der Waals surface area contributed by atoms with Crippen LogP contribution in [0.5, 0.6) is 0 Å². The standard InChI is InChI=1S/C30H37N3O3/c1-27(2)14-19-13-21-25(34)26(35)23(33(4)5)15-29(21)10-11-30(19,36-29)24-9-8-20(28(24,27)3)17-6-7-18-16-31-32-22(18)12-17/h6-8,12-14,16,23-26,34-35H,9-11,15H2,1-5H3,(H,31,32). The van der Waals surface area contributed by atoms with Gasteiger partial charge < -0.3 is 19.8 Å². The van der Waals surface area contributed by atoms with Gasteiger partial charge in [0, 0.05) is 22.8 Å². The zero-order valence-electron chi connectivity index (χ0n) is 21.9. The number of aromatic amines is 1. The molecule has 190 valence electrons. The second-order valence-corrected chi connectivity index (χ2v) is 12.9. The monoisotopic (exact) mass is 487 g/mol. The molecule has 1 saturated heterocycles. The number of fused-ring (bicyclic) bond motifs is 2. The van der Waals surface area contributed by atoms with Crippen LogP contribution in [0, 0.1) is 16.7 Å². The molecule has 3 aliphatic carbocycles. The Morgan fingerprint density at radius 1 is 1.14 bits per heavy atom. The van der Waals surface area contributed by atoms with Crippen LogP contribution in [0.15, 0.2) is 53.8 Å². The van der Waals surface area contributed by atoms with E-state index in [2.05, 4.69) is 67.4 Å². The number of aliphatic hydroxyl groups is 2. The molecule has 7 unspecified atom stereocenters. The van der Waals surface area contributed by atoms with Crippen LogP contribution in [0.25, 0.3) is 16.5 Å². The van der Waals surface area contributed by atoms with Crippen LogP contribution in [0.4, 0.5) is 0 Å². The molecule has 36 heavy (non-hydrogen) atoms. The van der Waals surface area contributed by atoms with Gasteiger partial charge in [0.05, 0.1) is 29.0 Å². The van der Waals surface area contributed by atoms with Crippen LogP contribution in [0.2, 0.25) is 0 Å². The summed E-state index contributed by atoms with van der Waals surface area (Å²) in [4.78, 5) is 2.04. The Bertz CT molecular complexity index is 1370. The van der Waals surface area contributed by atoms with E-state index in [4.69, 9.17) is 4.74 Å². The number of H-pyrrole nitrogens is 1. The van der Waals surface area contributed by atoms with E-state index in [1.54, 1.807) is 0 Å². The number of rotatable bonds is 2. The fraction of sp³-hybridized carbons (Fsp3) is 0.567. The quantitative estimate of drug-likeness (QED) is 0.591. The number of hydrogen-bond acceptors (Lipinski definition) is 5. The van der Waals surface area contributed by atoms with Gasteiger partial charge in [-0.25, -0.2) is 0 Å². The van der Waals surface area contributed by atoms with E-state index in [0.29, 0.717) is 12.3 Å². The number of likely N-dealkylation sites (N-methyl/N-ethyl adjacent to an activating group) is 1. The highest BCUT2D eigenvalue weighted by molar-refractivity contribution is 5.85. The van der Waals surface area contributed by atoms with Crippen LogP contribution in [-0.2, 0) is 4.74 Å². The molecular weight excluding hydrogens is 450 g/mol. The highest BCUT2D eigenvalue weighted by atomic mass is 16.5. The number of aromatic nitrogens is 2. The van der Waals surface area contributed by atoms with Crippen molar-refractivity contribution in [3.8, 4) is 0 Å². The lowest BCUT2D eigenvalue weighted by molar-refractivity contribution is -0.170. The summed E-state index contributed by atoms with van der Waals surface area (Å²) >= 11 is 0. The van der Waals surface area contributed by atoms with Crippen molar-refractivity contribution in [3.63, 3.8) is 0 Å². The smallest absolute Gasteiger partial charge is 0.105 e. The molecule has 1 aromatic heterocycles. The maximum absolute atomic E-state index is 11.3. The summed E-state index contributed by atoms with van der Waals surface area (Å²) in [5.74, 6) is 0.298. The molecule has 6 nitrogen and oxygen atoms in total. The van der Waals surface area contributed by atoms with Crippen molar-refractivity contribution in [1.82, 2.24) is 15.1 Å². The number of benzene rings is 1. The average molecular weight is 488 g/mol. The zero-order valence-corrected chi connectivity index (χ0v) is 21.9. The molecular formula is C30H37N3O3. The molecule has 1 saturated carbocycles. The molecule has 3 N–H and O–H groups in total. The molecule has 1 aromatic carbocycles. The minimum absolute atomic E-state index is 0.116. The zero-order chi connectivity index (χ0) is 25.3. The van der Waals surface area contributed by atoms with Gasteiger partial charge in [-0.15, -0.1) is 0 Å². The first kappa shape index (κ1) is 22.9. The first-order valence-corrected chi connectivity index (χ1v) is 13.3. The third kappa shape index (κ3) is 2.59. The van der Waals surface area contributed by atoms with E-state index < -0.39 is 17.8 Å². The Kier molecular flexibility index (Phi) is 4.45. The van der Waals surface area contributed by atoms with Gasteiger partial charge in [-0.3, -0.25) is 5.10 Å². The summed E-state index contributed by atoms with van der Waals surface area (Å²) in [6, 6.07) is 6.50. The molecule has 6 heteroatoms. The van der Waals surface area contributed by atoms with Crippen molar-refractivity contribution in [2.45, 2.75) is 75.9 Å². The van der Waals surface area contributed by atoms with Crippen LogP contribution in [0.3, 0.4) is 0 Å². The number of aliphatic hydroxyl groups excluding tert-OH is 2. The van der Waals surface area contributed by atoms with Gasteiger partial charge in [0.15, 0.2) is 0 Å². The third-order valence-corrected chi connectivity index (χ3v) is 10.8. The van der Waals surface area contributed by atoms with Crippen LogP contribution in [-0.4, -0.2) is 68.9 Å². The molecule has 2 bridgehead atoms. The van der Waals surface area contributed by atoms with E-state index in [-0.39, 0.29) is 22.5 Å². The minimum atomic E-state index is -0.905. The van der Waals surface area contributed by atoms with Gasteiger partial charge in [-0.1, -0.05) is 51.1 Å². The molecule has 2 aliphatic heterocycles. The van der Waals surface area contributed by atoms with Gasteiger partial charge in [-0.05, 0) is 73.5 Å². The van der Waals surface area contributed by atoms with Gasteiger partial charge in [0.2, 0.25) is 0 Å². The number of nitrogens with one attached hydrogen (secondary N) is 1. The number of ether oxygens (including phenoxy) is 1. The largest absolute Gasteiger partial charge is 0.388 e. The minimum Gasteiger partial charge on any atom is -0.388 e. The third-order valence-electron chi connectivity index (χ3n) is 10.8. The number of nitrogens with zero attached hydrogens (tertiary/aromatic N) is 2. The predicted molar refractivity (Wildman–Crippen MR) is 140 cm³/mol. The Morgan fingerprint density at radius 2 is 1.94 bits per heavy atom. The molecule has 0 radical (unpaired) electrons. The highest BCUT2D eigenvalue weighted by Gasteiger charge is 2.70. The number of allylic oxidation sites excluding steroid dienone is 3. The van der Waals surface area contributed by atoms with Crippen molar-refractivity contribution in [3.05, 3.63) is 59.3 Å². The molecule has 7 rings (SSSR count). The SMILES string of the molecule is CN(C)C1CC23CCC4(O2)C(=CC(C)(C)C2(C)C(c5ccc6cn[nH]c6c5)=CCC42)C=C3C(O)C1O. The molecule has 0 amide bonds. The Hall–Kier alpha value is -2.25. The highest BCUT2D eigenvalue weighted by Crippen LogP contribution is 2.71. The lowest BCUT2D eigenvalue weighted by Crippen LogP contribution is -2.63. The second kappa shape index (κ2) is 6.98. The van der Waals surface area contributed by atoms with E-state index in [9.17, 15) is 10.2 Å². The summed E-state index contributed by atoms with van der Waals surface area (Å²) in [6.07, 6.45) is 10.7. The van der Waals surface area contributed by atoms with E-state index in [0.717, 1.165) is 35.7 Å². The summed E-state index contributed by atoms with van der Waals surface area (Å²) in [6.45, 7) is 7.12. The Morgan fingerprint density at radius 3 is 2.72 bits per heavy atom. The average Bonchev–Trinajstić information content (AvgIpc) is 3.52. The van der Waals surface area contributed by atoms with E-state index in [1.165, 1.54) is 16.7 Å². The van der Waals surface area contributed by atoms with E-state index >= 15 is 0 Å². The molecule has 3 heterocycles. The topological polar surface area (TPSA) is 81.6 Å². The molecule has 2 spiro atoms. The maximum atomic E-state index is 11.3. The van der Waals surface area contributed by atoms with Crippen molar-refractivity contribution >= 4 is 16.5 Å². The Labute approximate surface area is 212 Å².